The van der Waals surface area contributed by atoms with E-state index in [1.54, 1.807) is 18.0 Å². The van der Waals surface area contributed by atoms with E-state index in [0.29, 0.717) is 18.2 Å². The lowest BCUT2D eigenvalue weighted by Gasteiger charge is -2.11. The van der Waals surface area contributed by atoms with Gasteiger partial charge in [-0.1, -0.05) is 25.6 Å². The van der Waals surface area contributed by atoms with E-state index < -0.39 is 0 Å². The smallest absolute Gasteiger partial charge is 0.271 e. The van der Waals surface area contributed by atoms with Crippen molar-refractivity contribution in [2.75, 3.05) is 12.8 Å². The first-order valence-electron chi connectivity index (χ1n) is 7.62. The summed E-state index contributed by atoms with van der Waals surface area (Å²) in [7, 11) is 0. The highest BCUT2D eigenvalue weighted by atomic mass is 32.2. The number of nitrogens with one attached hydrogen (secondary N) is 1. The lowest BCUT2D eigenvalue weighted by Crippen LogP contribution is -2.26. The maximum absolute atomic E-state index is 11.9. The third-order valence-electron chi connectivity index (χ3n) is 3.18. The predicted molar refractivity (Wildman–Crippen MR) is 89.3 cm³/mol. The highest BCUT2D eigenvalue weighted by Crippen LogP contribution is 2.16. The monoisotopic (exact) mass is 334 g/mol. The quantitative estimate of drug-likeness (QED) is 0.585. The van der Waals surface area contributed by atoms with E-state index in [4.69, 9.17) is 0 Å². The normalized spacial score (nSPS) is 11.0. The highest BCUT2D eigenvalue weighted by molar-refractivity contribution is 7.98. The molecule has 2 rings (SSSR count). The molecule has 0 saturated heterocycles. The third-order valence-corrected chi connectivity index (χ3v) is 3.85. The lowest BCUT2D eigenvalue weighted by atomic mass is 10.2. The van der Waals surface area contributed by atoms with E-state index in [1.807, 2.05) is 6.26 Å². The van der Waals surface area contributed by atoms with Gasteiger partial charge in [-0.05, 0) is 18.6 Å². The number of hydrogen-bond acceptors (Lipinski definition) is 6. The topological polar surface area (TPSA) is 85.6 Å². The Hall–Kier alpha value is -1.96. The van der Waals surface area contributed by atoms with Gasteiger partial charge in [0.05, 0.1) is 6.20 Å². The van der Waals surface area contributed by atoms with Crippen LogP contribution in [0.4, 0.5) is 0 Å². The van der Waals surface area contributed by atoms with Gasteiger partial charge >= 0.3 is 0 Å². The maximum atomic E-state index is 11.9. The molecule has 7 nitrogen and oxygen atoms in total. The molecule has 0 fully saturated rings. The first kappa shape index (κ1) is 17.4. The van der Waals surface area contributed by atoms with Crippen molar-refractivity contribution in [2.24, 2.45) is 5.92 Å². The van der Waals surface area contributed by atoms with Gasteiger partial charge in [0.1, 0.15) is 11.5 Å². The van der Waals surface area contributed by atoms with E-state index in [-0.39, 0.29) is 5.91 Å². The van der Waals surface area contributed by atoms with Gasteiger partial charge in [-0.3, -0.25) is 9.78 Å². The SMILES string of the molecule is CSc1nnc(CCCNC(=O)c2cnccn2)n1CC(C)C. The maximum Gasteiger partial charge on any atom is 0.271 e. The molecule has 124 valence electrons. The van der Waals surface area contributed by atoms with Crippen molar-refractivity contribution < 1.29 is 4.79 Å². The molecule has 0 aliphatic carbocycles. The van der Waals surface area contributed by atoms with Crippen molar-refractivity contribution in [3.8, 4) is 0 Å². The number of nitrogens with zero attached hydrogens (tertiary/aromatic N) is 5. The summed E-state index contributed by atoms with van der Waals surface area (Å²) >= 11 is 1.60. The first-order valence-corrected chi connectivity index (χ1v) is 8.84. The average molecular weight is 334 g/mol. The zero-order chi connectivity index (χ0) is 16.7. The molecule has 2 aromatic heterocycles. The molecule has 8 heteroatoms. The summed E-state index contributed by atoms with van der Waals surface area (Å²) < 4.78 is 2.17. The van der Waals surface area contributed by atoms with E-state index in [9.17, 15) is 4.79 Å². The summed E-state index contributed by atoms with van der Waals surface area (Å²) in [6.07, 6.45) is 8.09. The molecule has 0 atom stereocenters. The molecular weight excluding hydrogens is 312 g/mol. The molecule has 0 saturated carbocycles. The number of aryl methyl sites for hydroxylation is 1. The summed E-state index contributed by atoms with van der Waals surface area (Å²) in [4.78, 5) is 19.7. The molecule has 1 N–H and O–H groups in total. The summed E-state index contributed by atoms with van der Waals surface area (Å²) in [6, 6.07) is 0. The molecule has 0 aliphatic heterocycles. The summed E-state index contributed by atoms with van der Waals surface area (Å²) in [6.45, 7) is 5.83. The van der Waals surface area contributed by atoms with Crippen LogP contribution in [-0.4, -0.2) is 43.4 Å². The van der Waals surface area contributed by atoms with Crippen LogP contribution in [0.15, 0.2) is 23.7 Å². The Morgan fingerprint density at radius 1 is 1.35 bits per heavy atom. The molecule has 0 bridgehead atoms. The molecule has 1 amide bonds. The number of amides is 1. The lowest BCUT2D eigenvalue weighted by molar-refractivity contribution is 0.0947. The number of carbonyl (C=O) groups excluding carboxylic acids is 1. The molecule has 2 aromatic rings. The van der Waals surface area contributed by atoms with E-state index in [1.165, 1.54) is 12.4 Å². The third kappa shape index (κ3) is 5.02. The van der Waals surface area contributed by atoms with Crippen LogP contribution in [-0.2, 0) is 13.0 Å². The Balaban J connectivity index is 1.84. The van der Waals surface area contributed by atoms with E-state index in [0.717, 1.165) is 30.4 Å². The molecule has 0 unspecified atom stereocenters. The molecule has 0 radical (unpaired) electrons. The fourth-order valence-corrected chi connectivity index (χ4v) is 2.68. The van der Waals surface area contributed by atoms with Crippen molar-refractivity contribution in [3.05, 3.63) is 30.1 Å². The largest absolute Gasteiger partial charge is 0.351 e. The number of hydrogen-bond donors (Lipinski definition) is 1. The van der Waals surface area contributed by atoms with Crippen molar-refractivity contribution in [1.82, 2.24) is 30.0 Å². The summed E-state index contributed by atoms with van der Waals surface area (Å²) in [5, 5.41) is 12.3. The van der Waals surface area contributed by atoms with Crippen LogP contribution in [0.2, 0.25) is 0 Å². The number of carbonyl (C=O) groups is 1. The minimum atomic E-state index is -0.202. The Labute approximate surface area is 140 Å². The van der Waals surface area contributed by atoms with Gasteiger partial charge in [-0.2, -0.15) is 0 Å². The van der Waals surface area contributed by atoms with Gasteiger partial charge < -0.3 is 9.88 Å². The van der Waals surface area contributed by atoms with Gasteiger partial charge in [0.25, 0.3) is 5.91 Å². The standard InChI is InChI=1S/C15H22N6OS/c1-11(2)10-21-13(19-20-15(21)23-3)5-4-6-18-14(22)12-9-16-7-8-17-12/h7-9,11H,4-6,10H2,1-3H3,(H,18,22). The number of rotatable bonds is 8. The second-order valence-electron chi connectivity index (χ2n) is 5.56. The molecule has 2 heterocycles. The molecule has 0 spiro atoms. The van der Waals surface area contributed by atoms with Crippen molar-refractivity contribution >= 4 is 17.7 Å². The number of aromatic nitrogens is 5. The van der Waals surface area contributed by atoms with Gasteiger partial charge in [-0.15, -0.1) is 10.2 Å². The minimum absolute atomic E-state index is 0.202. The van der Waals surface area contributed by atoms with Crippen LogP contribution in [0.1, 0.15) is 36.6 Å². The van der Waals surface area contributed by atoms with Crippen LogP contribution < -0.4 is 5.32 Å². The zero-order valence-corrected chi connectivity index (χ0v) is 14.5. The van der Waals surface area contributed by atoms with Gasteiger partial charge in [0.15, 0.2) is 5.16 Å². The highest BCUT2D eigenvalue weighted by Gasteiger charge is 2.12. The van der Waals surface area contributed by atoms with Gasteiger partial charge in [0.2, 0.25) is 0 Å². The van der Waals surface area contributed by atoms with Crippen LogP contribution in [0.3, 0.4) is 0 Å². The fraction of sp³-hybridized carbons (Fsp3) is 0.533. The first-order chi connectivity index (χ1) is 11.1. The fourth-order valence-electron chi connectivity index (χ4n) is 2.16. The summed E-state index contributed by atoms with van der Waals surface area (Å²) in [5.41, 5.74) is 0.333. The average Bonchev–Trinajstić information content (AvgIpc) is 2.93. The van der Waals surface area contributed by atoms with Crippen LogP contribution >= 0.6 is 11.8 Å². The minimum Gasteiger partial charge on any atom is -0.351 e. The Bertz CT molecular complexity index is 628. The Morgan fingerprint density at radius 2 is 2.17 bits per heavy atom. The molecule has 0 aliphatic rings. The Morgan fingerprint density at radius 3 is 2.83 bits per heavy atom. The molecule has 23 heavy (non-hydrogen) atoms. The molecule has 0 aromatic carbocycles. The molecular formula is C15H22N6OS. The Kier molecular flexibility index (Phi) is 6.52. The van der Waals surface area contributed by atoms with E-state index in [2.05, 4.69) is 43.9 Å². The van der Waals surface area contributed by atoms with Crippen molar-refractivity contribution in [1.29, 1.82) is 0 Å². The summed E-state index contributed by atoms with van der Waals surface area (Å²) in [5.74, 6) is 1.30. The van der Waals surface area contributed by atoms with Crippen LogP contribution in [0.25, 0.3) is 0 Å². The second kappa shape index (κ2) is 8.61. The van der Waals surface area contributed by atoms with Crippen LogP contribution in [0, 0.1) is 5.92 Å². The second-order valence-corrected chi connectivity index (χ2v) is 6.33. The van der Waals surface area contributed by atoms with E-state index >= 15 is 0 Å². The van der Waals surface area contributed by atoms with Crippen LogP contribution in [0.5, 0.6) is 0 Å². The zero-order valence-electron chi connectivity index (χ0n) is 13.7. The van der Waals surface area contributed by atoms with Gasteiger partial charge in [0, 0.05) is 31.9 Å². The predicted octanol–water partition coefficient (Wildman–Crippen LogP) is 1.81. The van der Waals surface area contributed by atoms with Crippen molar-refractivity contribution in [3.63, 3.8) is 0 Å². The number of thioether (sulfide) groups is 1. The van der Waals surface area contributed by atoms with Crippen molar-refractivity contribution in [2.45, 2.75) is 38.4 Å². The van der Waals surface area contributed by atoms with Gasteiger partial charge in [-0.25, -0.2) is 4.98 Å².